The maximum Gasteiger partial charge on any atom is 0.282 e. The molecule has 0 spiro atoms. The number of halogens is 4. The van der Waals surface area contributed by atoms with Crippen LogP contribution in [-0.4, -0.2) is 18.3 Å². The highest BCUT2D eigenvalue weighted by Crippen LogP contribution is 2.39. The van der Waals surface area contributed by atoms with Gasteiger partial charge in [-0.25, -0.2) is 8.78 Å². The van der Waals surface area contributed by atoms with E-state index in [9.17, 15) is 17.2 Å². The lowest BCUT2D eigenvalue weighted by atomic mass is 10.2. The molecule has 25 heavy (non-hydrogen) atoms. The summed E-state index contributed by atoms with van der Waals surface area (Å²) in [5.74, 6) is 0. The van der Waals surface area contributed by atoms with Crippen molar-refractivity contribution in [2.45, 2.75) is 11.3 Å². The van der Waals surface area contributed by atoms with Crippen molar-refractivity contribution in [2.75, 3.05) is 4.83 Å². The Morgan fingerprint density at radius 2 is 1.84 bits per heavy atom. The number of alkyl halides is 2. The Morgan fingerprint density at radius 3 is 2.40 bits per heavy atom. The first-order valence-electron chi connectivity index (χ1n) is 6.69. The molecule has 0 aliphatic carbocycles. The van der Waals surface area contributed by atoms with E-state index in [1.165, 1.54) is 18.2 Å². The van der Waals surface area contributed by atoms with E-state index >= 15 is 0 Å². The quantitative estimate of drug-likeness (QED) is 0.641. The SMILES string of the molecule is O=S(=O)(Nn1nc(C(F)F)cc1-c1cc(Cl)sc1Cl)c1ccccc1. The monoisotopic (exact) mass is 423 g/mol. The number of aromatic nitrogens is 2. The second-order valence-electron chi connectivity index (χ2n) is 4.81. The summed E-state index contributed by atoms with van der Waals surface area (Å²) < 4.78 is 51.5. The van der Waals surface area contributed by atoms with Gasteiger partial charge in [0.15, 0.2) is 0 Å². The average Bonchev–Trinajstić information content (AvgIpc) is 3.10. The van der Waals surface area contributed by atoms with Crippen molar-refractivity contribution < 1.29 is 17.2 Å². The van der Waals surface area contributed by atoms with Gasteiger partial charge in [-0.15, -0.1) is 11.3 Å². The number of nitrogens with zero attached hydrogens (tertiary/aromatic N) is 2. The number of hydrogen-bond acceptors (Lipinski definition) is 4. The van der Waals surface area contributed by atoms with E-state index in [1.54, 1.807) is 18.2 Å². The highest BCUT2D eigenvalue weighted by molar-refractivity contribution is 7.92. The molecular formula is C14H9Cl2F2N3O2S2. The first-order chi connectivity index (χ1) is 11.8. The van der Waals surface area contributed by atoms with E-state index in [0.29, 0.717) is 9.90 Å². The maximum absolute atomic E-state index is 13.0. The highest BCUT2D eigenvalue weighted by atomic mass is 35.5. The standard InChI is InChI=1S/C14H9Cl2F2N3O2S2/c15-12-6-9(13(16)24-12)11-7-10(14(17)18)19-21(11)20-25(22,23)8-4-2-1-3-5-8/h1-7,14,20H. The van der Waals surface area contributed by atoms with Crippen LogP contribution in [0.3, 0.4) is 0 Å². The van der Waals surface area contributed by atoms with Crippen molar-refractivity contribution in [2.24, 2.45) is 0 Å². The molecule has 0 aliphatic rings. The van der Waals surface area contributed by atoms with E-state index in [1.807, 2.05) is 0 Å². The van der Waals surface area contributed by atoms with Gasteiger partial charge in [-0.2, -0.15) is 23.1 Å². The molecular weight excluding hydrogens is 415 g/mol. The van der Waals surface area contributed by atoms with Gasteiger partial charge in [0.2, 0.25) is 0 Å². The summed E-state index contributed by atoms with van der Waals surface area (Å²) in [7, 11) is -4.03. The van der Waals surface area contributed by atoms with Gasteiger partial charge in [0, 0.05) is 5.56 Å². The molecule has 11 heteroatoms. The molecule has 0 saturated carbocycles. The lowest BCUT2D eigenvalue weighted by molar-refractivity contribution is 0.145. The molecule has 0 radical (unpaired) electrons. The highest BCUT2D eigenvalue weighted by Gasteiger charge is 2.23. The van der Waals surface area contributed by atoms with Crippen molar-refractivity contribution >= 4 is 44.6 Å². The van der Waals surface area contributed by atoms with Crippen molar-refractivity contribution in [3.63, 3.8) is 0 Å². The first kappa shape index (κ1) is 18.1. The zero-order valence-electron chi connectivity index (χ0n) is 12.2. The zero-order chi connectivity index (χ0) is 18.2. The van der Waals surface area contributed by atoms with Gasteiger partial charge in [-0.3, -0.25) is 0 Å². The van der Waals surface area contributed by atoms with Crippen LogP contribution in [0, 0.1) is 0 Å². The van der Waals surface area contributed by atoms with Crippen LogP contribution in [-0.2, 0) is 10.0 Å². The Bertz CT molecular complexity index is 1000. The molecule has 1 N–H and O–H groups in total. The second-order valence-corrected chi connectivity index (χ2v) is 8.76. The zero-order valence-corrected chi connectivity index (χ0v) is 15.3. The number of hydrogen-bond donors (Lipinski definition) is 1. The van der Waals surface area contributed by atoms with Gasteiger partial charge in [0.05, 0.1) is 14.9 Å². The summed E-state index contributed by atoms with van der Waals surface area (Å²) in [5.41, 5.74) is -0.237. The summed E-state index contributed by atoms with van der Waals surface area (Å²) in [6.07, 6.45) is -2.88. The largest absolute Gasteiger partial charge is 0.282 e. The molecule has 0 amide bonds. The molecule has 0 bridgehead atoms. The smallest absolute Gasteiger partial charge is 0.203 e. The van der Waals surface area contributed by atoms with Crippen LogP contribution in [0.5, 0.6) is 0 Å². The minimum atomic E-state index is -4.03. The van der Waals surface area contributed by atoms with E-state index in [4.69, 9.17) is 23.2 Å². The molecule has 0 aliphatic heterocycles. The predicted octanol–water partition coefficient (Wildman–Crippen LogP) is 4.79. The molecule has 0 unspecified atom stereocenters. The van der Waals surface area contributed by atoms with Crippen molar-refractivity contribution in [1.82, 2.24) is 9.89 Å². The van der Waals surface area contributed by atoms with Crippen LogP contribution >= 0.6 is 34.5 Å². The van der Waals surface area contributed by atoms with Crippen LogP contribution in [0.4, 0.5) is 8.78 Å². The van der Waals surface area contributed by atoms with Crippen molar-refractivity contribution in [3.05, 3.63) is 56.8 Å². The molecule has 2 aromatic heterocycles. The molecule has 1 aromatic carbocycles. The predicted molar refractivity (Wildman–Crippen MR) is 93.5 cm³/mol. The molecule has 2 heterocycles. The second kappa shape index (κ2) is 6.91. The Balaban J connectivity index is 2.08. The van der Waals surface area contributed by atoms with Gasteiger partial charge in [0.1, 0.15) is 10.0 Å². The summed E-state index contributed by atoms with van der Waals surface area (Å²) in [4.78, 5) is 2.88. The summed E-state index contributed by atoms with van der Waals surface area (Å²) in [6.45, 7) is 0. The summed E-state index contributed by atoms with van der Waals surface area (Å²) in [5, 5.41) is 3.63. The van der Waals surface area contributed by atoms with E-state index in [2.05, 4.69) is 9.93 Å². The van der Waals surface area contributed by atoms with E-state index in [-0.39, 0.29) is 14.9 Å². The topological polar surface area (TPSA) is 64.0 Å². The average molecular weight is 424 g/mol. The fourth-order valence-electron chi connectivity index (χ4n) is 2.05. The maximum atomic E-state index is 13.0. The minimum absolute atomic E-state index is 0.0375. The van der Waals surface area contributed by atoms with Crippen LogP contribution in [0.1, 0.15) is 12.1 Å². The van der Waals surface area contributed by atoms with Gasteiger partial charge in [-0.05, 0) is 24.3 Å². The van der Waals surface area contributed by atoms with Gasteiger partial charge >= 0.3 is 0 Å². The molecule has 0 saturated heterocycles. The Labute approximate surface area is 155 Å². The molecule has 132 valence electrons. The third kappa shape index (κ3) is 3.79. The lowest BCUT2D eigenvalue weighted by Gasteiger charge is -2.10. The molecule has 0 atom stereocenters. The molecule has 0 fully saturated rings. The van der Waals surface area contributed by atoms with Crippen molar-refractivity contribution in [3.8, 4) is 11.3 Å². The normalized spacial score (nSPS) is 11.9. The third-order valence-corrected chi connectivity index (χ3v) is 5.94. The summed E-state index contributed by atoms with van der Waals surface area (Å²) in [6, 6.07) is 9.98. The number of nitrogens with one attached hydrogen (secondary N) is 1. The fourth-order valence-corrected chi connectivity index (χ4v) is 4.52. The van der Waals surface area contributed by atoms with Crippen molar-refractivity contribution in [1.29, 1.82) is 0 Å². The number of sulfonamides is 1. The van der Waals surface area contributed by atoms with Crippen LogP contribution in [0.25, 0.3) is 11.3 Å². The van der Waals surface area contributed by atoms with E-state index < -0.39 is 22.1 Å². The fraction of sp³-hybridized carbons (Fsp3) is 0.0714. The minimum Gasteiger partial charge on any atom is -0.203 e. The summed E-state index contributed by atoms with van der Waals surface area (Å²) >= 11 is 13.0. The lowest BCUT2D eigenvalue weighted by Crippen LogP contribution is -2.25. The molecule has 3 aromatic rings. The number of rotatable bonds is 5. The Morgan fingerprint density at radius 1 is 1.16 bits per heavy atom. The third-order valence-electron chi connectivity index (χ3n) is 3.14. The Kier molecular flexibility index (Phi) is 5.01. The number of benzene rings is 1. The van der Waals surface area contributed by atoms with Crippen LogP contribution < -0.4 is 4.83 Å². The van der Waals surface area contributed by atoms with Gasteiger partial charge in [-0.1, -0.05) is 41.4 Å². The molecule has 5 nitrogen and oxygen atoms in total. The van der Waals surface area contributed by atoms with Crippen LogP contribution in [0.2, 0.25) is 8.67 Å². The van der Waals surface area contributed by atoms with Gasteiger partial charge in [0.25, 0.3) is 16.4 Å². The van der Waals surface area contributed by atoms with Crippen LogP contribution in [0.15, 0.2) is 47.4 Å². The number of thiophene rings is 1. The van der Waals surface area contributed by atoms with Gasteiger partial charge < -0.3 is 0 Å². The van der Waals surface area contributed by atoms with E-state index in [0.717, 1.165) is 22.2 Å². The Hall–Kier alpha value is -1.68. The first-order valence-corrected chi connectivity index (χ1v) is 9.74. The molecule has 3 rings (SSSR count).